The lowest BCUT2D eigenvalue weighted by Crippen LogP contribution is -2.04. The number of nitrogen functional groups attached to an aromatic ring is 1. The van der Waals surface area contributed by atoms with Gasteiger partial charge in [0, 0.05) is 23.3 Å². The van der Waals surface area contributed by atoms with E-state index in [1.54, 1.807) is 0 Å². The molecule has 1 aliphatic rings. The number of aromatic nitrogens is 3. The summed E-state index contributed by atoms with van der Waals surface area (Å²) in [6.07, 6.45) is 1.84. The molecule has 18 heavy (non-hydrogen) atoms. The molecule has 2 aromatic rings. The molecule has 3 rings (SSSR count). The SMILES string of the molecule is Cc1cnc(-c2nc(N)c3c(n2)CSC3)c(C)c1. The maximum Gasteiger partial charge on any atom is 0.180 e. The number of anilines is 1. The Bertz CT molecular complexity index is 625. The molecule has 0 aliphatic carbocycles. The Labute approximate surface area is 110 Å². The van der Waals surface area contributed by atoms with Gasteiger partial charge in [-0.15, -0.1) is 0 Å². The normalized spacial score (nSPS) is 13.7. The van der Waals surface area contributed by atoms with Crippen LogP contribution >= 0.6 is 11.8 Å². The molecule has 2 aromatic heterocycles. The molecule has 0 amide bonds. The second-order valence-electron chi connectivity index (χ2n) is 4.53. The van der Waals surface area contributed by atoms with E-state index in [-0.39, 0.29) is 0 Å². The number of nitrogens with two attached hydrogens (primary N) is 1. The molecular formula is C13H14N4S. The lowest BCUT2D eigenvalue weighted by Gasteiger charge is -2.08. The van der Waals surface area contributed by atoms with Gasteiger partial charge in [0.2, 0.25) is 0 Å². The number of thioether (sulfide) groups is 1. The first-order chi connectivity index (χ1) is 8.65. The van der Waals surface area contributed by atoms with Gasteiger partial charge in [-0.25, -0.2) is 9.97 Å². The van der Waals surface area contributed by atoms with Gasteiger partial charge in [-0.3, -0.25) is 4.98 Å². The highest BCUT2D eigenvalue weighted by atomic mass is 32.2. The van der Waals surface area contributed by atoms with Crippen LogP contribution in [0.25, 0.3) is 11.5 Å². The van der Waals surface area contributed by atoms with Crippen LogP contribution in [0, 0.1) is 13.8 Å². The zero-order chi connectivity index (χ0) is 12.7. The van der Waals surface area contributed by atoms with Crippen LogP contribution in [0.3, 0.4) is 0 Å². The van der Waals surface area contributed by atoms with E-state index in [0.29, 0.717) is 11.6 Å². The van der Waals surface area contributed by atoms with Crippen LogP contribution in [-0.2, 0) is 11.5 Å². The van der Waals surface area contributed by atoms with Gasteiger partial charge < -0.3 is 5.73 Å². The van der Waals surface area contributed by atoms with Crippen LogP contribution in [0.2, 0.25) is 0 Å². The average molecular weight is 258 g/mol. The van der Waals surface area contributed by atoms with Gasteiger partial charge in [0.1, 0.15) is 11.5 Å². The van der Waals surface area contributed by atoms with E-state index < -0.39 is 0 Å². The molecule has 5 heteroatoms. The quantitative estimate of drug-likeness (QED) is 0.851. The van der Waals surface area contributed by atoms with Crippen molar-refractivity contribution in [2.24, 2.45) is 0 Å². The summed E-state index contributed by atoms with van der Waals surface area (Å²) in [4.78, 5) is 13.4. The Morgan fingerprint density at radius 1 is 1.22 bits per heavy atom. The van der Waals surface area contributed by atoms with E-state index >= 15 is 0 Å². The molecule has 92 valence electrons. The van der Waals surface area contributed by atoms with Crippen LogP contribution < -0.4 is 5.73 Å². The fourth-order valence-corrected chi connectivity index (χ4v) is 3.18. The lowest BCUT2D eigenvalue weighted by molar-refractivity contribution is 1.05. The van der Waals surface area contributed by atoms with Crippen LogP contribution in [-0.4, -0.2) is 15.0 Å². The topological polar surface area (TPSA) is 64.7 Å². The van der Waals surface area contributed by atoms with Crippen LogP contribution in [0.5, 0.6) is 0 Å². The maximum atomic E-state index is 6.00. The molecule has 0 atom stereocenters. The first-order valence-electron chi connectivity index (χ1n) is 5.82. The molecule has 1 aliphatic heterocycles. The Kier molecular flexibility index (Phi) is 2.70. The summed E-state index contributed by atoms with van der Waals surface area (Å²) in [5.74, 6) is 3.08. The van der Waals surface area contributed by atoms with Crippen molar-refractivity contribution in [2.45, 2.75) is 25.4 Å². The number of hydrogen-bond acceptors (Lipinski definition) is 5. The molecule has 3 heterocycles. The molecule has 0 bridgehead atoms. The molecule has 0 saturated carbocycles. The summed E-state index contributed by atoms with van der Waals surface area (Å²) in [6.45, 7) is 4.05. The molecule has 0 unspecified atom stereocenters. The smallest absolute Gasteiger partial charge is 0.180 e. The molecular weight excluding hydrogens is 244 g/mol. The van der Waals surface area contributed by atoms with Gasteiger partial charge >= 0.3 is 0 Å². The van der Waals surface area contributed by atoms with E-state index in [0.717, 1.165) is 39.6 Å². The second-order valence-corrected chi connectivity index (χ2v) is 5.51. The number of hydrogen-bond donors (Lipinski definition) is 1. The predicted molar refractivity (Wildman–Crippen MR) is 74.1 cm³/mol. The largest absolute Gasteiger partial charge is 0.383 e. The third-order valence-corrected chi connectivity index (χ3v) is 4.01. The molecule has 0 fully saturated rings. The zero-order valence-corrected chi connectivity index (χ0v) is 11.2. The minimum atomic E-state index is 0.599. The van der Waals surface area contributed by atoms with E-state index in [9.17, 15) is 0 Å². The van der Waals surface area contributed by atoms with Crippen LogP contribution in [0.4, 0.5) is 5.82 Å². The number of rotatable bonds is 1. The maximum absolute atomic E-state index is 6.00. The van der Waals surface area contributed by atoms with Gasteiger partial charge in [0.15, 0.2) is 5.82 Å². The van der Waals surface area contributed by atoms with Crippen molar-refractivity contribution in [1.82, 2.24) is 15.0 Å². The molecule has 0 saturated heterocycles. The molecule has 0 spiro atoms. The van der Waals surface area contributed by atoms with Gasteiger partial charge in [-0.2, -0.15) is 11.8 Å². The zero-order valence-electron chi connectivity index (χ0n) is 10.4. The highest BCUT2D eigenvalue weighted by molar-refractivity contribution is 7.98. The standard InChI is InChI=1S/C13H14N4S/c1-7-3-8(2)11(15-4-7)13-16-10-6-18-5-9(10)12(14)17-13/h3-4H,5-6H2,1-2H3,(H2,14,16,17). The summed E-state index contributed by atoms with van der Waals surface area (Å²) in [5.41, 5.74) is 11.2. The van der Waals surface area contributed by atoms with Gasteiger partial charge in [0.05, 0.1) is 5.69 Å². The Hall–Kier alpha value is -1.62. The van der Waals surface area contributed by atoms with Gasteiger partial charge in [-0.1, -0.05) is 6.07 Å². The summed E-state index contributed by atoms with van der Waals surface area (Å²) >= 11 is 1.82. The fourth-order valence-electron chi connectivity index (χ4n) is 2.13. The van der Waals surface area contributed by atoms with Crippen molar-refractivity contribution in [3.05, 3.63) is 34.6 Å². The minimum Gasteiger partial charge on any atom is -0.383 e. The van der Waals surface area contributed by atoms with Crippen LogP contribution in [0.1, 0.15) is 22.4 Å². The molecule has 0 aromatic carbocycles. The number of pyridine rings is 1. The third-order valence-electron chi connectivity index (χ3n) is 3.04. The van der Waals surface area contributed by atoms with Crippen molar-refractivity contribution in [3.8, 4) is 11.5 Å². The monoisotopic (exact) mass is 258 g/mol. The first-order valence-corrected chi connectivity index (χ1v) is 6.97. The predicted octanol–water partition coefficient (Wildman–Crippen LogP) is 2.48. The minimum absolute atomic E-state index is 0.599. The Morgan fingerprint density at radius 3 is 2.83 bits per heavy atom. The van der Waals surface area contributed by atoms with E-state index in [4.69, 9.17) is 5.73 Å². The van der Waals surface area contributed by atoms with Gasteiger partial charge in [0.25, 0.3) is 0 Å². The first kappa shape index (κ1) is 11.5. The number of fused-ring (bicyclic) bond motifs is 1. The van der Waals surface area contributed by atoms with Crippen molar-refractivity contribution >= 4 is 17.6 Å². The summed E-state index contributed by atoms with van der Waals surface area (Å²) in [7, 11) is 0. The molecule has 4 nitrogen and oxygen atoms in total. The van der Waals surface area contributed by atoms with Crippen molar-refractivity contribution in [3.63, 3.8) is 0 Å². The molecule has 2 N–H and O–H groups in total. The Morgan fingerprint density at radius 2 is 2.06 bits per heavy atom. The molecule has 0 radical (unpaired) electrons. The lowest BCUT2D eigenvalue weighted by atomic mass is 10.1. The summed E-state index contributed by atoms with van der Waals surface area (Å²) in [5, 5.41) is 0. The summed E-state index contributed by atoms with van der Waals surface area (Å²) in [6, 6.07) is 2.09. The second kappa shape index (κ2) is 4.24. The van der Waals surface area contributed by atoms with E-state index in [2.05, 4.69) is 21.0 Å². The fraction of sp³-hybridized carbons (Fsp3) is 0.308. The third kappa shape index (κ3) is 1.84. The highest BCUT2D eigenvalue weighted by Gasteiger charge is 2.19. The highest BCUT2D eigenvalue weighted by Crippen LogP contribution is 2.33. The van der Waals surface area contributed by atoms with Crippen molar-refractivity contribution in [1.29, 1.82) is 0 Å². The van der Waals surface area contributed by atoms with Gasteiger partial charge in [-0.05, 0) is 25.0 Å². The average Bonchev–Trinajstić information content (AvgIpc) is 2.77. The van der Waals surface area contributed by atoms with E-state index in [1.165, 1.54) is 0 Å². The van der Waals surface area contributed by atoms with Crippen molar-refractivity contribution in [2.75, 3.05) is 5.73 Å². The number of nitrogens with zero attached hydrogens (tertiary/aromatic N) is 3. The number of aryl methyl sites for hydroxylation is 2. The van der Waals surface area contributed by atoms with Crippen LogP contribution in [0.15, 0.2) is 12.3 Å². The summed E-state index contributed by atoms with van der Waals surface area (Å²) < 4.78 is 0. The van der Waals surface area contributed by atoms with E-state index in [1.807, 2.05) is 31.8 Å². The Balaban J connectivity index is 2.15. The van der Waals surface area contributed by atoms with Crippen molar-refractivity contribution < 1.29 is 0 Å².